The number of rotatable bonds is 10. The summed E-state index contributed by atoms with van der Waals surface area (Å²) in [5.41, 5.74) is 0.702. The summed E-state index contributed by atoms with van der Waals surface area (Å²) in [6, 6.07) is 9.55. The highest BCUT2D eigenvalue weighted by Gasteiger charge is 2.41. The third-order valence-corrected chi connectivity index (χ3v) is 12.9. The summed E-state index contributed by atoms with van der Waals surface area (Å²) in [5, 5.41) is 4.01. The molecule has 0 radical (unpaired) electrons. The highest BCUT2D eigenvalue weighted by molar-refractivity contribution is 7.89. The summed E-state index contributed by atoms with van der Waals surface area (Å²) in [6.07, 6.45) is 6.28. The molecule has 3 aliphatic rings. The van der Waals surface area contributed by atoms with Gasteiger partial charge >= 0.3 is 0 Å². The van der Waals surface area contributed by atoms with Crippen LogP contribution in [-0.4, -0.2) is 104 Å². The van der Waals surface area contributed by atoms with Crippen LogP contribution in [0.4, 0.5) is 0 Å². The normalized spacial score (nSPS) is 24.3. The van der Waals surface area contributed by atoms with Gasteiger partial charge < -0.3 is 9.88 Å². The summed E-state index contributed by atoms with van der Waals surface area (Å²) in [6.45, 7) is 5.24. The number of para-hydroxylation sites is 1. The zero-order valence-corrected chi connectivity index (χ0v) is 27.2. The fourth-order valence-corrected chi connectivity index (χ4v) is 9.64. The maximum absolute atomic E-state index is 13.4. The minimum Gasteiger partial charge on any atom is -0.349 e. The van der Waals surface area contributed by atoms with E-state index in [4.69, 9.17) is 0 Å². The Bertz CT molecular complexity index is 1600. The minimum atomic E-state index is -3.46. The molecule has 238 valence electrons. The Morgan fingerprint density at radius 2 is 1.65 bits per heavy atom. The second-order valence-electron chi connectivity index (χ2n) is 12.7. The molecule has 1 aromatic heterocycles. The van der Waals surface area contributed by atoms with E-state index in [-0.39, 0.29) is 53.0 Å². The fraction of sp³-hybridized carbons (Fsp3) is 0.667. The molecule has 2 aromatic rings. The predicted octanol–water partition coefficient (Wildman–Crippen LogP) is 2.38. The van der Waals surface area contributed by atoms with E-state index in [0.717, 1.165) is 36.6 Å². The lowest BCUT2D eigenvalue weighted by atomic mass is 9.96. The molecule has 1 N–H and O–H groups in total. The zero-order valence-electron chi connectivity index (χ0n) is 25.6. The lowest BCUT2D eigenvalue weighted by Crippen LogP contribution is -2.51. The lowest BCUT2D eigenvalue weighted by Gasteiger charge is -2.39. The van der Waals surface area contributed by atoms with Gasteiger partial charge in [-0.3, -0.25) is 14.5 Å². The van der Waals surface area contributed by atoms with Crippen LogP contribution in [0.2, 0.25) is 0 Å². The number of benzene rings is 1. The van der Waals surface area contributed by atoms with E-state index in [9.17, 15) is 26.4 Å². The standard InChI is InChI=1S/C30H45N5O6S2/c1-21(2)35-28-9-6-5-8-22(28)18-27(30(35)37)29(36)31-23-19-25-10-11-26(20-23)34(25)14-7-17-43(40,41)32(3)24-12-15-33(16-13-24)42(4,38)39/h5-6,8-9,18,21,23-26H,7,10-17,19-20H2,1-4H3,(H,31,36)/t23-,25-,26+. The quantitative estimate of drug-likeness (QED) is 0.425. The van der Waals surface area contributed by atoms with Crippen molar-refractivity contribution in [3.8, 4) is 0 Å². The molecule has 0 unspecified atom stereocenters. The predicted molar refractivity (Wildman–Crippen MR) is 168 cm³/mol. The number of hydrogen-bond acceptors (Lipinski definition) is 7. The van der Waals surface area contributed by atoms with Crippen molar-refractivity contribution in [3.63, 3.8) is 0 Å². The number of piperidine rings is 2. The van der Waals surface area contributed by atoms with Crippen molar-refractivity contribution in [3.05, 3.63) is 46.2 Å². The van der Waals surface area contributed by atoms with Crippen molar-refractivity contribution in [2.75, 3.05) is 38.7 Å². The van der Waals surface area contributed by atoms with Gasteiger partial charge in [-0.1, -0.05) is 18.2 Å². The van der Waals surface area contributed by atoms with Gasteiger partial charge in [0.05, 0.1) is 17.5 Å². The number of carbonyl (C=O) groups is 1. The number of pyridine rings is 1. The molecule has 2 bridgehead atoms. The average Bonchev–Trinajstić information content (AvgIpc) is 3.18. The number of carbonyl (C=O) groups excluding carboxylic acids is 1. The van der Waals surface area contributed by atoms with E-state index in [2.05, 4.69) is 10.2 Å². The number of nitrogens with zero attached hydrogens (tertiary/aromatic N) is 4. The minimum absolute atomic E-state index is 0.0349. The van der Waals surface area contributed by atoms with Crippen LogP contribution >= 0.6 is 0 Å². The van der Waals surface area contributed by atoms with Crippen molar-refractivity contribution in [2.45, 2.75) is 89.0 Å². The van der Waals surface area contributed by atoms with Gasteiger partial charge in [0.25, 0.3) is 11.5 Å². The van der Waals surface area contributed by atoms with Gasteiger partial charge in [-0.2, -0.15) is 0 Å². The summed E-state index contributed by atoms with van der Waals surface area (Å²) < 4.78 is 54.4. The number of hydrogen-bond donors (Lipinski definition) is 1. The molecular weight excluding hydrogens is 590 g/mol. The second kappa shape index (κ2) is 12.6. The highest BCUT2D eigenvalue weighted by atomic mass is 32.2. The van der Waals surface area contributed by atoms with E-state index >= 15 is 0 Å². The van der Waals surface area contributed by atoms with Gasteiger partial charge in [0.1, 0.15) is 5.56 Å². The smallest absolute Gasteiger partial charge is 0.264 e. The van der Waals surface area contributed by atoms with Crippen LogP contribution in [0.3, 0.4) is 0 Å². The average molecular weight is 636 g/mol. The van der Waals surface area contributed by atoms with Crippen LogP contribution in [0.5, 0.6) is 0 Å². The van der Waals surface area contributed by atoms with Gasteiger partial charge in [0.2, 0.25) is 20.0 Å². The fourth-order valence-electron chi connectivity index (χ4n) is 7.32. The van der Waals surface area contributed by atoms with Gasteiger partial charge in [0, 0.05) is 50.3 Å². The molecule has 3 atom stereocenters. The highest BCUT2D eigenvalue weighted by Crippen LogP contribution is 2.36. The molecule has 4 heterocycles. The van der Waals surface area contributed by atoms with Gasteiger partial charge in [-0.15, -0.1) is 0 Å². The molecule has 13 heteroatoms. The molecule has 3 aliphatic heterocycles. The molecule has 1 amide bonds. The summed E-state index contributed by atoms with van der Waals surface area (Å²) in [5.74, 6) is -0.282. The zero-order chi connectivity index (χ0) is 31.1. The first-order valence-electron chi connectivity index (χ1n) is 15.4. The van der Waals surface area contributed by atoms with Crippen LogP contribution in [0.15, 0.2) is 35.1 Å². The molecular formula is C30H45N5O6S2. The first-order valence-corrected chi connectivity index (χ1v) is 18.8. The van der Waals surface area contributed by atoms with Crippen LogP contribution in [-0.2, 0) is 20.0 Å². The summed E-state index contributed by atoms with van der Waals surface area (Å²) >= 11 is 0. The molecule has 5 rings (SSSR count). The first kappa shape index (κ1) is 32.1. The summed E-state index contributed by atoms with van der Waals surface area (Å²) in [4.78, 5) is 29.1. The maximum atomic E-state index is 13.4. The number of aromatic nitrogens is 1. The largest absolute Gasteiger partial charge is 0.349 e. The van der Waals surface area contributed by atoms with E-state index in [1.807, 2.05) is 38.1 Å². The Hall–Kier alpha value is -2.32. The topological polar surface area (TPSA) is 129 Å². The first-order chi connectivity index (χ1) is 20.3. The molecule has 3 fully saturated rings. The number of nitrogens with one attached hydrogen (secondary N) is 1. The maximum Gasteiger partial charge on any atom is 0.264 e. The third kappa shape index (κ3) is 6.85. The molecule has 43 heavy (non-hydrogen) atoms. The Morgan fingerprint density at radius 1 is 1.02 bits per heavy atom. The number of amides is 1. The van der Waals surface area contributed by atoms with Gasteiger partial charge in [0.15, 0.2) is 0 Å². The SMILES string of the molecule is CC(C)n1c(=O)c(C(=O)N[C@@H]2C[C@H]3CC[C@@H](C2)N3CCCS(=O)(=O)N(C)C2CCN(S(C)(=O)=O)CC2)cc2ccccc21. The molecule has 1 aromatic carbocycles. The second-order valence-corrected chi connectivity index (χ2v) is 16.9. The molecule has 0 spiro atoms. The van der Waals surface area contributed by atoms with Gasteiger partial charge in [-0.25, -0.2) is 25.4 Å². The van der Waals surface area contributed by atoms with Gasteiger partial charge in [-0.05, 0) is 82.9 Å². The van der Waals surface area contributed by atoms with E-state index in [1.165, 1.54) is 14.9 Å². The van der Waals surface area contributed by atoms with Crippen molar-refractivity contribution >= 4 is 36.9 Å². The van der Waals surface area contributed by atoms with Crippen LogP contribution in [0.25, 0.3) is 10.9 Å². The number of sulfonamides is 2. The van der Waals surface area contributed by atoms with Crippen molar-refractivity contribution in [1.82, 2.24) is 23.4 Å². The van der Waals surface area contributed by atoms with E-state index in [0.29, 0.717) is 38.9 Å². The van der Waals surface area contributed by atoms with E-state index in [1.54, 1.807) is 17.7 Å². The third-order valence-electron chi connectivity index (χ3n) is 9.59. The molecule has 0 aliphatic carbocycles. The van der Waals surface area contributed by atoms with Crippen molar-refractivity contribution < 1.29 is 21.6 Å². The van der Waals surface area contributed by atoms with Crippen LogP contribution in [0, 0.1) is 0 Å². The van der Waals surface area contributed by atoms with Crippen molar-refractivity contribution in [1.29, 1.82) is 0 Å². The molecule has 11 nitrogen and oxygen atoms in total. The van der Waals surface area contributed by atoms with Crippen molar-refractivity contribution in [2.24, 2.45) is 0 Å². The molecule has 3 saturated heterocycles. The Kier molecular flexibility index (Phi) is 9.39. The lowest BCUT2D eigenvalue weighted by molar-refractivity contribution is 0.0844. The molecule has 0 saturated carbocycles. The van der Waals surface area contributed by atoms with Crippen LogP contribution < -0.4 is 10.9 Å². The van der Waals surface area contributed by atoms with Crippen LogP contribution in [0.1, 0.15) is 75.2 Å². The summed E-state index contributed by atoms with van der Waals surface area (Å²) in [7, 11) is -5.11. The van der Waals surface area contributed by atoms with E-state index < -0.39 is 20.0 Å². The Morgan fingerprint density at radius 3 is 2.26 bits per heavy atom. The Balaban J connectivity index is 1.15. The Labute approximate surface area is 255 Å². The monoisotopic (exact) mass is 635 g/mol. The number of fused-ring (bicyclic) bond motifs is 3.